The second kappa shape index (κ2) is 6.78. The van der Waals surface area contributed by atoms with E-state index < -0.39 is 10.6 Å². The number of β-amino-alcohol motifs (C(OH)–C–C–N with tert-alkyl or cyclic N) is 1. The largest absolute Gasteiger partial charge is 0.346 e. The Kier molecular flexibility index (Phi) is 4.44. The molecular formula is C21H24N3O3+. The van der Waals surface area contributed by atoms with Crippen molar-refractivity contribution >= 4 is 17.2 Å². The molecule has 2 aromatic carbocycles. The first-order valence-electron chi connectivity index (χ1n) is 9.44. The molecule has 0 bridgehead atoms. The number of benzene rings is 2. The summed E-state index contributed by atoms with van der Waals surface area (Å²) in [5.41, 5.74) is 1.55. The van der Waals surface area contributed by atoms with Gasteiger partial charge in [-0.25, -0.2) is 9.48 Å². The van der Waals surface area contributed by atoms with Crippen LogP contribution in [0.15, 0.2) is 48.5 Å². The minimum Gasteiger partial charge on any atom is -0.346 e. The predicted octanol–water partition coefficient (Wildman–Crippen LogP) is 3.55. The number of nitro benzene ring substituents is 1. The Hall–Kier alpha value is -2.73. The van der Waals surface area contributed by atoms with Crippen LogP contribution in [0.4, 0.5) is 11.4 Å². The van der Waals surface area contributed by atoms with Crippen LogP contribution in [0.2, 0.25) is 0 Å². The second-order valence-corrected chi connectivity index (χ2v) is 7.42. The van der Waals surface area contributed by atoms with E-state index >= 15 is 0 Å². The fourth-order valence-corrected chi connectivity index (χ4v) is 4.15. The van der Waals surface area contributed by atoms with E-state index in [0.29, 0.717) is 12.1 Å². The molecule has 6 heteroatoms. The lowest BCUT2D eigenvalue weighted by molar-refractivity contribution is -0.658. The number of hydrogen-bond acceptors (Lipinski definition) is 4. The van der Waals surface area contributed by atoms with E-state index in [4.69, 9.17) is 0 Å². The summed E-state index contributed by atoms with van der Waals surface area (Å²) in [6, 6.07) is 14.7. The van der Waals surface area contributed by atoms with Crippen molar-refractivity contribution in [1.82, 2.24) is 0 Å². The fourth-order valence-electron chi connectivity index (χ4n) is 4.15. The summed E-state index contributed by atoms with van der Waals surface area (Å²) in [6.45, 7) is 3.17. The average molecular weight is 366 g/mol. The molecule has 1 unspecified atom stereocenters. The van der Waals surface area contributed by atoms with Gasteiger partial charge in [-0.15, -0.1) is 0 Å². The molecule has 4 rings (SSSR count). The van der Waals surface area contributed by atoms with Gasteiger partial charge in [-0.1, -0.05) is 29.8 Å². The molecule has 0 saturated carbocycles. The Balaban J connectivity index is 1.81. The first-order chi connectivity index (χ1) is 13.0. The van der Waals surface area contributed by atoms with E-state index in [1.807, 2.05) is 0 Å². The quantitative estimate of drug-likeness (QED) is 0.512. The number of aryl methyl sites for hydroxylation is 1. The van der Waals surface area contributed by atoms with E-state index in [1.165, 1.54) is 17.7 Å². The molecule has 0 spiro atoms. The van der Waals surface area contributed by atoms with Crippen molar-refractivity contribution in [2.45, 2.75) is 38.3 Å². The summed E-state index contributed by atoms with van der Waals surface area (Å²) in [5.74, 6) is 1.10. The lowest BCUT2D eigenvalue weighted by atomic mass is 10.0. The van der Waals surface area contributed by atoms with Crippen molar-refractivity contribution in [2.24, 2.45) is 0 Å². The predicted molar refractivity (Wildman–Crippen MR) is 104 cm³/mol. The van der Waals surface area contributed by atoms with Gasteiger partial charge in [0.2, 0.25) is 0 Å². The standard InChI is InChI=1S/C21H24N3O3/c1-16-9-11-18(12-10-16)22-15-21(25,23-13-4-2-3-8-20(22)23)17-6-5-7-19(14-17)24(26)27/h5-7,9-12,14,25H,2-4,8,13,15H2,1H3/q+1. The summed E-state index contributed by atoms with van der Waals surface area (Å²) in [5, 5.41) is 22.9. The van der Waals surface area contributed by atoms with Crippen molar-refractivity contribution < 1.29 is 14.6 Å². The molecule has 6 nitrogen and oxygen atoms in total. The summed E-state index contributed by atoms with van der Waals surface area (Å²) in [4.78, 5) is 13.0. The van der Waals surface area contributed by atoms with Crippen LogP contribution in [-0.2, 0) is 5.72 Å². The zero-order chi connectivity index (χ0) is 19.0. The summed E-state index contributed by atoms with van der Waals surface area (Å²) in [6.07, 6.45) is 4.10. The third kappa shape index (κ3) is 3.10. The molecule has 2 aliphatic heterocycles. The number of nitro groups is 1. The zero-order valence-electron chi connectivity index (χ0n) is 15.5. The average Bonchev–Trinajstić information content (AvgIpc) is 2.83. The minimum atomic E-state index is -1.27. The fraction of sp³-hybridized carbons (Fsp3) is 0.381. The highest BCUT2D eigenvalue weighted by Gasteiger charge is 2.52. The number of hydrogen-bond donors (Lipinski definition) is 1. The first-order valence-corrected chi connectivity index (χ1v) is 9.44. The van der Waals surface area contributed by atoms with Crippen molar-refractivity contribution in [3.8, 4) is 0 Å². The third-order valence-electron chi connectivity index (χ3n) is 5.60. The van der Waals surface area contributed by atoms with Crippen molar-refractivity contribution in [2.75, 3.05) is 18.0 Å². The molecular weight excluding hydrogens is 342 g/mol. The SMILES string of the molecule is Cc1ccc(N2CC(O)(c3cccc([N+](=O)[O-])c3)[N+]3=C2CCCCC3)cc1. The Morgan fingerprint density at radius 2 is 1.93 bits per heavy atom. The van der Waals surface area contributed by atoms with Crippen molar-refractivity contribution in [3.05, 3.63) is 69.8 Å². The summed E-state index contributed by atoms with van der Waals surface area (Å²) >= 11 is 0. The van der Waals surface area contributed by atoms with Gasteiger partial charge in [0.25, 0.3) is 17.2 Å². The van der Waals surface area contributed by atoms with Gasteiger partial charge < -0.3 is 5.11 Å². The molecule has 0 radical (unpaired) electrons. The summed E-state index contributed by atoms with van der Waals surface area (Å²) in [7, 11) is 0. The van der Waals surface area contributed by atoms with Crippen LogP contribution in [0.3, 0.4) is 0 Å². The topological polar surface area (TPSA) is 69.6 Å². The van der Waals surface area contributed by atoms with E-state index in [0.717, 1.165) is 43.8 Å². The van der Waals surface area contributed by atoms with Crippen LogP contribution in [0.5, 0.6) is 0 Å². The number of anilines is 1. The number of rotatable bonds is 3. The van der Waals surface area contributed by atoms with Gasteiger partial charge >= 0.3 is 0 Å². The van der Waals surface area contributed by atoms with E-state index in [2.05, 4.69) is 40.7 Å². The molecule has 1 atom stereocenters. The maximum atomic E-state index is 11.7. The second-order valence-electron chi connectivity index (χ2n) is 7.42. The van der Waals surface area contributed by atoms with Crippen LogP contribution in [0.1, 0.15) is 36.8 Å². The van der Waals surface area contributed by atoms with E-state index in [9.17, 15) is 15.2 Å². The molecule has 27 heavy (non-hydrogen) atoms. The Morgan fingerprint density at radius 3 is 2.67 bits per heavy atom. The van der Waals surface area contributed by atoms with Crippen LogP contribution in [-0.4, -0.2) is 33.5 Å². The minimum absolute atomic E-state index is 0.00563. The molecule has 0 aliphatic carbocycles. The molecule has 1 N–H and O–H groups in total. The molecule has 2 aliphatic rings. The molecule has 0 aromatic heterocycles. The van der Waals surface area contributed by atoms with Crippen LogP contribution in [0, 0.1) is 17.0 Å². The summed E-state index contributed by atoms with van der Waals surface area (Å²) < 4.78 is 2.05. The van der Waals surface area contributed by atoms with Gasteiger partial charge in [0.15, 0.2) is 6.54 Å². The lowest BCUT2D eigenvalue weighted by Crippen LogP contribution is -2.41. The van der Waals surface area contributed by atoms with Crippen LogP contribution in [0.25, 0.3) is 0 Å². The van der Waals surface area contributed by atoms with Crippen molar-refractivity contribution in [1.29, 1.82) is 0 Å². The highest BCUT2D eigenvalue weighted by Crippen LogP contribution is 2.36. The number of non-ortho nitro benzene ring substituents is 1. The molecule has 140 valence electrons. The van der Waals surface area contributed by atoms with Crippen molar-refractivity contribution in [3.63, 3.8) is 0 Å². The van der Waals surface area contributed by atoms with Gasteiger partial charge in [0.05, 0.1) is 11.5 Å². The van der Waals surface area contributed by atoms with Gasteiger partial charge in [-0.2, -0.15) is 0 Å². The Morgan fingerprint density at radius 1 is 1.15 bits per heavy atom. The van der Waals surface area contributed by atoms with Crippen LogP contribution < -0.4 is 4.90 Å². The zero-order valence-corrected chi connectivity index (χ0v) is 15.5. The first kappa shape index (κ1) is 17.7. The Bertz CT molecular complexity index is 907. The van der Waals surface area contributed by atoms with Gasteiger partial charge in [0, 0.05) is 24.1 Å². The highest BCUT2D eigenvalue weighted by atomic mass is 16.6. The molecule has 0 fully saturated rings. The number of nitrogens with zero attached hydrogens (tertiary/aromatic N) is 3. The van der Waals surface area contributed by atoms with Crippen LogP contribution >= 0.6 is 0 Å². The van der Waals surface area contributed by atoms with Gasteiger partial charge in [0.1, 0.15) is 5.69 Å². The van der Waals surface area contributed by atoms with E-state index in [1.54, 1.807) is 12.1 Å². The maximum absolute atomic E-state index is 11.7. The monoisotopic (exact) mass is 366 g/mol. The normalized spacial score (nSPS) is 22.5. The van der Waals surface area contributed by atoms with E-state index in [-0.39, 0.29) is 5.69 Å². The molecule has 0 saturated heterocycles. The number of amidine groups is 1. The highest BCUT2D eigenvalue weighted by molar-refractivity contribution is 5.95. The Labute approximate surface area is 158 Å². The number of aliphatic hydroxyl groups is 1. The molecule has 2 aromatic rings. The lowest BCUT2D eigenvalue weighted by Gasteiger charge is -2.23. The maximum Gasteiger partial charge on any atom is 0.271 e. The molecule has 0 amide bonds. The van der Waals surface area contributed by atoms with Gasteiger partial charge in [-0.3, -0.25) is 10.1 Å². The third-order valence-corrected chi connectivity index (χ3v) is 5.60. The smallest absolute Gasteiger partial charge is 0.271 e. The molecule has 2 heterocycles. The van der Waals surface area contributed by atoms with Gasteiger partial charge in [-0.05, 0) is 38.3 Å².